The van der Waals surface area contributed by atoms with Crippen LogP contribution >= 0.6 is 15.9 Å². The molecule has 0 spiro atoms. The molecule has 134 valence electrons. The number of hydrogen-bond acceptors (Lipinski definition) is 5. The minimum atomic E-state index is -0.475. The third-order valence-electron chi connectivity index (χ3n) is 3.95. The normalized spacial score (nSPS) is 14.8. The molecule has 1 aliphatic heterocycles. The summed E-state index contributed by atoms with van der Waals surface area (Å²) in [6.45, 7) is 4.71. The first-order chi connectivity index (χ1) is 12.6. The van der Waals surface area contributed by atoms with Crippen molar-refractivity contribution in [2.24, 2.45) is 0 Å². The lowest BCUT2D eigenvalue weighted by Crippen LogP contribution is -2.36. The van der Waals surface area contributed by atoms with E-state index in [0.717, 1.165) is 23.1 Å². The van der Waals surface area contributed by atoms with Crippen molar-refractivity contribution in [3.63, 3.8) is 0 Å². The van der Waals surface area contributed by atoms with Gasteiger partial charge < -0.3 is 19.4 Å². The van der Waals surface area contributed by atoms with Crippen molar-refractivity contribution in [3.8, 4) is 6.07 Å². The Morgan fingerprint density at radius 2 is 2.00 bits per heavy atom. The van der Waals surface area contributed by atoms with Gasteiger partial charge in [-0.15, -0.1) is 0 Å². The zero-order valence-electron chi connectivity index (χ0n) is 14.3. The molecule has 2 aromatic rings. The number of ether oxygens (including phenoxy) is 1. The van der Waals surface area contributed by atoms with Crippen molar-refractivity contribution in [2.75, 3.05) is 36.5 Å². The summed E-state index contributed by atoms with van der Waals surface area (Å²) < 4.78 is 11.9. The number of nitrogens with one attached hydrogen (secondary N) is 1. The van der Waals surface area contributed by atoms with Gasteiger partial charge in [0.15, 0.2) is 0 Å². The van der Waals surface area contributed by atoms with E-state index in [2.05, 4.69) is 26.1 Å². The van der Waals surface area contributed by atoms with Crippen molar-refractivity contribution in [3.05, 3.63) is 51.7 Å². The van der Waals surface area contributed by atoms with Gasteiger partial charge in [0.25, 0.3) is 5.91 Å². The van der Waals surface area contributed by atoms with Crippen LogP contribution in [0.25, 0.3) is 6.08 Å². The standard InChI is InChI=1S/C19H18BrN3O3/c1-13-2-4-15(5-3-13)22-18(24)14(12-21)10-16-11-17(20)19(26-16)23-6-8-25-9-7-23/h2-5,10-11H,6-9H2,1H3,(H,22,24)/b14-10-. The number of halogens is 1. The minimum absolute atomic E-state index is 0.0275. The van der Waals surface area contributed by atoms with E-state index in [9.17, 15) is 10.1 Å². The molecule has 0 radical (unpaired) electrons. The number of nitriles is 1. The number of carbonyl (C=O) groups excluding carboxylic acids is 1. The largest absolute Gasteiger partial charge is 0.440 e. The van der Waals surface area contributed by atoms with E-state index in [1.54, 1.807) is 18.2 Å². The Labute approximate surface area is 160 Å². The topological polar surface area (TPSA) is 78.5 Å². The Bertz CT molecular complexity index is 859. The van der Waals surface area contributed by atoms with E-state index >= 15 is 0 Å². The molecule has 26 heavy (non-hydrogen) atoms. The molecule has 1 aromatic heterocycles. The molecule has 1 amide bonds. The second-order valence-corrected chi connectivity index (χ2v) is 6.75. The number of carbonyl (C=O) groups is 1. The van der Waals surface area contributed by atoms with Crippen molar-refractivity contribution < 1.29 is 13.9 Å². The predicted octanol–water partition coefficient (Wildman–Crippen LogP) is 3.73. The van der Waals surface area contributed by atoms with Gasteiger partial charge >= 0.3 is 0 Å². The lowest BCUT2D eigenvalue weighted by molar-refractivity contribution is -0.112. The average Bonchev–Trinajstić information content (AvgIpc) is 3.02. The van der Waals surface area contributed by atoms with Gasteiger partial charge in [0.2, 0.25) is 5.88 Å². The lowest BCUT2D eigenvalue weighted by Gasteiger charge is -2.26. The molecular formula is C19H18BrN3O3. The highest BCUT2D eigenvalue weighted by atomic mass is 79.9. The molecule has 0 atom stereocenters. The monoisotopic (exact) mass is 415 g/mol. The van der Waals surface area contributed by atoms with Crippen molar-refractivity contribution in [1.29, 1.82) is 5.26 Å². The summed E-state index contributed by atoms with van der Waals surface area (Å²) in [5, 5.41) is 12.1. The van der Waals surface area contributed by atoms with Gasteiger partial charge in [-0.05, 0) is 35.0 Å². The molecule has 0 unspecified atom stereocenters. The fourth-order valence-electron chi connectivity index (χ4n) is 2.56. The van der Waals surface area contributed by atoms with Gasteiger partial charge in [0.1, 0.15) is 17.4 Å². The van der Waals surface area contributed by atoms with Crippen LogP contribution in [-0.4, -0.2) is 32.2 Å². The highest BCUT2D eigenvalue weighted by Gasteiger charge is 2.19. The molecule has 6 nitrogen and oxygen atoms in total. The van der Waals surface area contributed by atoms with Crippen LogP contribution in [0.15, 0.2) is 44.8 Å². The Balaban J connectivity index is 1.77. The van der Waals surface area contributed by atoms with Gasteiger partial charge in [0.05, 0.1) is 17.7 Å². The summed E-state index contributed by atoms with van der Waals surface area (Å²) in [5.74, 6) is 0.640. The fourth-order valence-corrected chi connectivity index (χ4v) is 3.11. The van der Waals surface area contributed by atoms with Gasteiger partial charge in [-0.25, -0.2) is 0 Å². The van der Waals surface area contributed by atoms with E-state index in [1.165, 1.54) is 6.08 Å². The number of hydrogen-bond donors (Lipinski definition) is 1. The molecule has 1 aliphatic rings. The molecule has 3 rings (SSSR count). The molecule has 2 heterocycles. The summed E-state index contributed by atoms with van der Waals surface area (Å²) in [6, 6.07) is 11.1. The maximum absolute atomic E-state index is 12.3. The van der Waals surface area contributed by atoms with Crippen LogP contribution in [0.2, 0.25) is 0 Å². The number of furan rings is 1. The van der Waals surface area contributed by atoms with Crippen LogP contribution in [-0.2, 0) is 9.53 Å². The van der Waals surface area contributed by atoms with E-state index in [-0.39, 0.29) is 5.57 Å². The van der Waals surface area contributed by atoms with Crippen molar-refractivity contribution >= 4 is 39.5 Å². The molecule has 0 bridgehead atoms. The minimum Gasteiger partial charge on any atom is -0.440 e. The smallest absolute Gasteiger partial charge is 0.266 e. The van der Waals surface area contributed by atoms with E-state index in [4.69, 9.17) is 9.15 Å². The predicted molar refractivity (Wildman–Crippen MR) is 103 cm³/mol. The number of aryl methyl sites for hydroxylation is 1. The van der Waals surface area contributed by atoms with E-state index in [0.29, 0.717) is 30.5 Å². The Hall–Kier alpha value is -2.56. The van der Waals surface area contributed by atoms with Crippen LogP contribution < -0.4 is 10.2 Å². The average molecular weight is 416 g/mol. The molecule has 0 aliphatic carbocycles. The molecule has 1 aromatic carbocycles. The SMILES string of the molecule is Cc1ccc(NC(=O)/C(C#N)=C\c2cc(Br)c(N3CCOCC3)o2)cc1. The van der Waals surface area contributed by atoms with Gasteiger partial charge in [-0.3, -0.25) is 4.79 Å². The van der Waals surface area contributed by atoms with Crippen LogP contribution in [0.5, 0.6) is 0 Å². The first-order valence-corrected chi connectivity index (χ1v) is 8.98. The van der Waals surface area contributed by atoms with E-state index < -0.39 is 5.91 Å². The number of amides is 1. The summed E-state index contributed by atoms with van der Waals surface area (Å²) >= 11 is 3.47. The highest BCUT2D eigenvalue weighted by molar-refractivity contribution is 9.10. The number of morpholine rings is 1. The Morgan fingerprint density at radius 1 is 1.31 bits per heavy atom. The summed E-state index contributed by atoms with van der Waals surface area (Å²) in [7, 11) is 0. The molecular weight excluding hydrogens is 398 g/mol. The maximum atomic E-state index is 12.3. The number of benzene rings is 1. The van der Waals surface area contributed by atoms with Crippen molar-refractivity contribution in [2.45, 2.75) is 6.92 Å². The second-order valence-electron chi connectivity index (χ2n) is 5.89. The van der Waals surface area contributed by atoms with Crippen LogP contribution in [0, 0.1) is 18.3 Å². The van der Waals surface area contributed by atoms with Crippen LogP contribution in [0.3, 0.4) is 0 Å². The van der Waals surface area contributed by atoms with Gasteiger partial charge in [-0.2, -0.15) is 5.26 Å². The molecule has 7 heteroatoms. The zero-order chi connectivity index (χ0) is 18.5. The fraction of sp³-hybridized carbons (Fsp3) is 0.263. The number of nitrogens with zero attached hydrogens (tertiary/aromatic N) is 2. The quantitative estimate of drug-likeness (QED) is 0.607. The number of anilines is 2. The van der Waals surface area contributed by atoms with Gasteiger partial charge in [-0.1, -0.05) is 17.7 Å². The summed E-state index contributed by atoms with van der Waals surface area (Å²) in [5.41, 5.74) is 1.70. The van der Waals surface area contributed by atoms with Gasteiger partial charge in [0, 0.05) is 30.9 Å². The lowest BCUT2D eigenvalue weighted by atomic mass is 10.2. The van der Waals surface area contributed by atoms with Crippen molar-refractivity contribution in [1.82, 2.24) is 0 Å². The molecule has 0 saturated carbocycles. The maximum Gasteiger partial charge on any atom is 0.266 e. The third-order valence-corrected chi connectivity index (χ3v) is 4.52. The highest BCUT2D eigenvalue weighted by Crippen LogP contribution is 2.31. The molecule has 1 fully saturated rings. The second kappa shape index (κ2) is 8.21. The summed E-state index contributed by atoms with van der Waals surface area (Å²) in [6.07, 6.45) is 1.44. The Kier molecular flexibility index (Phi) is 5.76. The number of rotatable bonds is 4. The first kappa shape index (κ1) is 18.2. The van der Waals surface area contributed by atoms with E-state index in [1.807, 2.05) is 25.1 Å². The first-order valence-electron chi connectivity index (χ1n) is 8.18. The van der Waals surface area contributed by atoms with Crippen LogP contribution in [0.4, 0.5) is 11.6 Å². The molecule has 1 N–H and O–H groups in total. The Morgan fingerprint density at radius 3 is 2.65 bits per heavy atom. The zero-order valence-corrected chi connectivity index (χ0v) is 15.9. The summed E-state index contributed by atoms with van der Waals surface area (Å²) in [4.78, 5) is 14.4. The third kappa shape index (κ3) is 4.34. The van der Waals surface area contributed by atoms with Crippen LogP contribution in [0.1, 0.15) is 11.3 Å². The molecule has 1 saturated heterocycles.